The maximum Gasteiger partial charge on any atom is 0.164 e. The molecule has 0 bridgehead atoms. The highest BCUT2D eigenvalue weighted by Crippen LogP contribution is 2.26. The van der Waals surface area contributed by atoms with Crippen molar-refractivity contribution in [1.29, 1.82) is 0 Å². The minimum absolute atomic E-state index is 0.0833. The van der Waals surface area contributed by atoms with Crippen molar-refractivity contribution >= 4 is 23.2 Å². The maximum absolute atomic E-state index is 6.14. The summed E-state index contributed by atoms with van der Waals surface area (Å²) in [7, 11) is 1.84. The summed E-state index contributed by atoms with van der Waals surface area (Å²) >= 11 is 12.1. The van der Waals surface area contributed by atoms with Gasteiger partial charge in [-0.25, -0.2) is 4.98 Å². The largest absolute Gasteiger partial charge is 0.303 e. The molecular formula is C12H14Cl2N4. The zero-order chi connectivity index (χ0) is 13.1. The molecule has 1 unspecified atom stereocenters. The van der Waals surface area contributed by atoms with Crippen LogP contribution in [0, 0.1) is 0 Å². The number of aryl methyl sites for hydroxylation is 1. The lowest BCUT2D eigenvalue weighted by Crippen LogP contribution is -2.19. The normalized spacial score (nSPS) is 12.7. The van der Waals surface area contributed by atoms with Crippen LogP contribution in [0.3, 0.4) is 0 Å². The Morgan fingerprint density at radius 1 is 1.39 bits per heavy atom. The molecule has 0 fully saturated rings. The highest BCUT2D eigenvalue weighted by molar-refractivity contribution is 6.33. The zero-order valence-electron chi connectivity index (χ0n) is 10.2. The molecule has 0 spiro atoms. The molecule has 0 aliphatic carbocycles. The SMILES string of the molecule is CC(NCc1ncn(C)n1)c1cc(Cl)ccc1Cl. The Labute approximate surface area is 116 Å². The summed E-state index contributed by atoms with van der Waals surface area (Å²) in [6.45, 7) is 2.62. The van der Waals surface area contributed by atoms with Crippen LogP contribution in [0.25, 0.3) is 0 Å². The van der Waals surface area contributed by atoms with E-state index in [1.54, 1.807) is 23.1 Å². The smallest absolute Gasteiger partial charge is 0.164 e. The van der Waals surface area contributed by atoms with Gasteiger partial charge in [0, 0.05) is 23.1 Å². The van der Waals surface area contributed by atoms with Crippen LogP contribution in [0.2, 0.25) is 10.0 Å². The summed E-state index contributed by atoms with van der Waals surface area (Å²) < 4.78 is 1.67. The van der Waals surface area contributed by atoms with E-state index in [1.807, 2.05) is 20.0 Å². The Balaban J connectivity index is 2.03. The van der Waals surface area contributed by atoms with Gasteiger partial charge in [-0.1, -0.05) is 23.2 Å². The number of nitrogens with one attached hydrogen (secondary N) is 1. The van der Waals surface area contributed by atoms with Crippen LogP contribution in [-0.2, 0) is 13.6 Å². The molecule has 1 heterocycles. The van der Waals surface area contributed by atoms with E-state index in [1.165, 1.54) is 0 Å². The second-order valence-electron chi connectivity index (χ2n) is 4.10. The number of hydrogen-bond donors (Lipinski definition) is 1. The number of benzene rings is 1. The van der Waals surface area contributed by atoms with Gasteiger partial charge in [-0.2, -0.15) is 5.10 Å². The van der Waals surface area contributed by atoms with Crippen LogP contribution in [-0.4, -0.2) is 14.8 Å². The molecule has 0 amide bonds. The van der Waals surface area contributed by atoms with Crippen LogP contribution in [0.1, 0.15) is 24.4 Å². The maximum atomic E-state index is 6.14. The van der Waals surface area contributed by atoms with Crippen molar-refractivity contribution < 1.29 is 0 Å². The molecule has 0 saturated carbocycles. The molecule has 96 valence electrons. The second-order valence-corrected chi connectivity index (χ2v) is 4.95. The Kier molecular flexibility index (Phi) is 4.22. The van der Waals surface area contributed by atoms with E-state index in [-0.39, 0.29) is 6.04 Å². The predicted octanol–water partition coefficient (Wildman–Crippen LogP) is 2.97. The average molecular weight is 285 g/mol. The fraction of sp³-hybridized carbons (Fsp3) is 0.333. The third-order valence-corrected chi connectivity index (χ3v) is 3.22. The van der Waals surface area contributed by atoms with Crippen LogP contribution >= 0.6 is 23.2 Å². The van der Waals surface area contributed by atoms with E-state index < -0.39 is 0 Å². The molecule has 18 heavy (non-hydrogen) atoms. The number of halogens is 2. The summed E-state index contributed by atoms with van der Waals surface area (Å²) in [5.41, 5.74) is 0.972. The first-order valence-corrected chi connectivity index (χ1v) is 6.34. The number of rotatable bonds is 4. The van der Waals surface area contributed by atoms with Crippen molar-refractivity contribution in [2.75, 3.05) is 0 Å². The lowest BCUT2D eigenvalue weighted by atomic mass is 10.1. The molecule has 1 atom stereocenters. The van der Waals surface area contributed by atoms with Gasteiger partial charge >= 0.3 is 0 Å². The van der Waals surface area contributed by atoms with Crippen LogP contribution in [0.4, 0.5) is 0 Å². The lowest BCUT2D eigenvalue weighted by molar-refractivity contribution is 0.556. The highest BCUT2D eigenvalue weighted by atomic mass is 35.5. The van der Waals surface area contributed by atoms with Gasteiger partial charge < -0.3 is 5.32 Å². The van der Waals surface area contributed by atoms with Gasteiger partial charge in [0.15, 0.2) is 5.82 Å². The van der Waals surface area contributed by atoms with Crippen LogP contribution in [0.5, 0.6) is 0 Å². The van der Waals surface area contributed by atoms with Gasteiger partial charge in [-0.15, -0.1) is 0 Å². The highest BCUT2D eigenvalue weighted by Gasteiger charge is 2.10. The Morgan fingerprint density at radius 3 is 2.83 bits per heavy atom. The summed E-state index contributed by atoms with van der Waals surface area (Å²) in [4.78, 5) is 4.15. The van der Waals surface area contributed by atoms with Gasteiger partial charge in [0.2, 0.25) is 0 Å². The fourth-order valence-corrected chi connectivity index (χ4v) is 2.13. The first-order valence-electron chi connectivity index (χ1n) is 5.59. The molecule has 2 rings (SSSR count). The van der Waals surface area contributed by atoms with Crippen molar-refractivity contribution in [3.8, 4) is 0 Å². The van der Waals surface area contributed by atoms with Gasteiger partial charge in [0.1, 0.15) is 6.33 Å². The summed E-state index contributed by atoms with van der Waals surface area (Å²) in [5.74, 6) is 0.752. The molecule has 1 aromatic carbocycles. The van der Waals surface area contributed by atoms with Gasteiger partial charge in [-0.05, 0) is 30.7 Å². The fourth-order valence-electron chi connectivity index (χ4n) is 1.67. The second kappa shape index (κ2) is 5.69. The van der Waals surface area contributed by atoms with Gasteiger partial charge in [-0.3, -0.25) is 4.68 Å². The molecule has 6 heteroatoms. The molecule has 4 nitrogen and oxygen atoms in total. The molecule has 2 aromatic rings. The van der Waals surface area contributed by atoms with Crippen molar-refractivity contribution in [3.63, 3.8) is 0 Å². The average Bonchev–Trinajstić information content (AvgIpc) is 2.75. The number of hydrogen-bond acceptors (Lipinski definition) is 3. The Bertz CT molecular complexity index is 539. The van der Waals surface area contributed by atoms with E-state index in [0.29, 0.717) is 16.6 Å². The van der Waals surface area contributed by atoms with Gasteiger partial charge in [0.05, 0.1) is 6.54 Å². The molecule has 0 aliphatic heterocycles. The Morgan fingerprint density at radius 2 is 2.17 bits per heavy atom. The van der Waals surface area contributed by atoms with Crippen molar-refractivity contribution in [1.82, 2.24) is 20.1 Å². The number of aromatic nitrogens is 3. The molecular weight excluding hydrogens is 271 g/mol. The lowest BCUT2D eigenvalue weighted by Gasteiger charge is -2.15. The van der Waals surface area contributed by atoms with Crippen molar-refractivity contribution in [2.45, 2.75) is 19.5 Å². The quantitative estimate of drug-likeness (QED) is 0.939. The van der Waals surface area contributed by atoms with E-state index in [2.05, 4.69) is 15.4 Å². The minimum Gasteiger partial charge on any atom is -0.303 e. The molecule has 0 radical (unpaired) electrons. The zero-order valence-corrected chi connectivity index (χ0v) is 11.7. The molecule has 0 aliphatic rings. The standard InChI is InChI=1S/C12H14Cl2N4/c1-8(10-5-9(13)3-4-11(10)14)15-6-12-16-7-18(2)17-12/h3-5,7-8,15H,6H2,1-2H3. The summed E-state index contributed by atoms with van der Waals surface area (Å²) in [5, 5.41) is 8.90. The van der Waals surface area contributed by atoms with E-state index in [9.17, 15) is 0 Å². The van der Waals surface area contributed by atoms with Crippen LogP contribution < -0.4 is 5.32 Å². The molecule has 1 N–H and O–H groups in total. The Hall–Kier alpha value is -1.10. The molecule has 1 aromatic heterocycles. The number of nitrogens with zero attached hydrogens (tertiary/aromatic N) is 3. The predicted molar refractivity (Wildman–Crippen MR) is 72.7 cm³/mol. The minimum atomic E-state index is 0.0833. The third kappa shape index (κ3) is 3.22. The van der Waals surface area contributed by atoms with E-state index >= 15 is 0 Å². The van der Waals surface area contributed by atoms with Gasteiger partial charge in [0.25, 0.3) is 0 Å². The summed E-state index contributed by atoms with van der Waals surface area (Å²) in [6, 6.07) is 5.53. The summed E-state index contributed by atoms with van der Waals surface area (Å²) in [6.07, 6.45) is 1.67. The topological polar surface area (TPSA) is 42.7 Å². The molecule has 0 saturated heterocycles. The first kappa shape index (κ1) is 13.3. The monoisotopic (exact) mass is 284 g/mol. The van der Waals surface area contributed by atoms with E-state index in [0.717, 1.165) is 11.4 Å². The van der Waals surface area contributed by atoms with Crippen LogP contribution in [0.15, 0.2) is 24.5 Å². The van der Waals surface area contributed by atoms with Crippen molar-refractivity contribution in [3.05, 3.63) is 46.0 Å². The first-order chi connectivity index (χ1) is 8.56. The van der Waals surface area contributed by atoms with E-state index in [4.69, 9.17) is 23.2 Å². The van der Waals surface area contributed by atoms with Crippen molar-refractivity contribution in [2.24, 2.45) is 7.05 Å². The third-order valence-electron chi connectivity index (χ3n) is 2.64.